The lowest BCUT2D eigenvalue weighted by atomic mass is 9.96. The average Bonchev–Trinajstić information content (AvgIpc) is 3.24. The van der Waals surface area contributed by atoms with Gasteiger partial charge in [-0.3, -0.25) is 9.59 Å². The van der Waals surface area contributed by atoms with Crippen molar-refractivity contribution in [3.05, 3.63) is 102 Å². The number of imidazole rings is 1. The lowest BCUT2D eigenvalue weighted by Crippen LogP contribution is -2.43. The molecule has 29 heavy (non-hydrogen) atoms. The number of aromatic amines is 1. The predicted octanol–water partition coefficient (Wildman–Crippen LogP) is 3.72. The van der Waals surface area contributed by atoms with Gasteiger partial charge in [-0.2, -0.15) is 0 Å². The molecule has 1 heterocycles. The van der Waals surface area contributed by atoms with E-state index in [4.69, 9.17) is 0 Å². The highest BCUT2D eigenvalue weighted by Crippen LogP contribution is 2.17. The Labute approximate surface area is 168 Å². The van der Waals surface area contributed by atoms with Crippen LogP contribution in [0.1, 0.15) is 21.5 Å². The Kier molecular flexibility index (Phi) is 5.47. The monoisotopic (exact) mass is 383 g/mol. The van der Waals surface area contributed by atoms with Gasteiger partial charge in [-0.05, 0) is 35.7 Å². The Bertz CT molecular complexity index is 1120. The van der Waals surface area contributed by atoms with E-state index in [1.807, 2.05) is 54.6 Å². The molecule has 3 aromatic carbocycles. The molecule has 0 bridgehead atoms. The van der Waals surface area contributed by atoms with Gasteiger partial charge in [0.15, 0.2) is 5.78 Å². The predicted molar refractivity (Wildman–Crippen MR) is 113 cm³/mol. The molecule has 0 aliphatic rings. The van der Waals surface area contributed by atoms with Gasteiger partial charge in [0.25, 0.3) is 5.91 Å². The first-order chi connectivity index (χ1) is 14.2. The van der Waals surface area contributed by atoms with Crippen molar-refractivity contribution in [1.82, 2.24) is 15.3 Å². The fourth-order valence-electron chi connectivity index (χ4n) is 3.41. The quantitative estimate of drug-likeness (QED) is 0.511. The Morgan fingerprint density at radius 2 is 1.62 bits per heavy atom. The molecular formula is C24H21N3O2. The lowest BCUT2D eigenvalue weighted by Gasteiger charge is -2.18. The molecule has 144 valence electrons. The van der Waals surface area contributed by atoms with Gasteiger partial charge >= 0.3 is 0 Å². The largest absolute Gasteiger partial charge is 0.345 e. The third-order valence-electron chi connectivity index (χ3n) is 4.91. The van der Waals surface area contributed by atoms with Gasteiger partial charge in [0, 0.05) is 12.0 Å². The SMILES string of the molecule is O=C(NC(Cc1ccccc1)C(=O)Cc1cccc2[nH]cnc12)c1ccccc1. The molecule has 4 rings (SSSR count). The Hall–Kier alpha value is -3.73. The molecule has 0 saturated heterocycles. The summed E-state index contributed by atoms with van der Waals surface area (Å²) in [5, 5.41) is 2.93. The van der Waals surface area contributed by atoms with Gasteiger partial charge in [0.05, 0.1) is 23.4 Å². The Morgan fingerprint density at radius 1 is 0.897 bits per heavy atom. The molecule has 5 nitrogen and oxygen atoms in total. The van der Waals surface area contributed by atoms with Crippen molar-refractivity contribution in [2.24, 2.45) is 0 Å². The highest BCUT2D eigenvalue weighted by Gasteiger charge is 2.23. The zero-order valence-corrected chi connectivity index (χ0v) is 15.8. The Morgan fingerprint density at radius 3 is 2.38 bits per heavy atom. The summed E-state index contributed by atoms with van der Waals surface area (Å²) in [5.74, 6) is -0.300. The van der Waals surface area contributed by atoms with Gasteiger partial charge in [0.2, 0.25) is 0 Å². The molecule has 1 unspecified atom stereocenters. The van der Waals surface area contributed by atoms with Crippen molar-refractivity contribution in [1.29, 1.82) is 0 Å². The number of para-hydroxylation sites is 1. The number of aromatic nitrogens is 2. The number of nitrogens with one attached hydrogen (secondary N) is 2. The second-order valence-electron chi connectivity index (χ2n) is 6.94. The standard InChI is InChI=1S/C24H21N3O2/c28-22(15-19-12-7-13-20-23(19)26-16-25-20)21(14-17-8-3-1-4-9-17)27-24(29)18-10-5-2-6-11-18/h1-13,16,21H,14-15H2,(H,25,26)(H,27,29). The van der Waals surface area contributed by atoms with Crippen LogP contribution in [0.2, 0.25) is 0 Å². The number of hydrogen-bond acceptors (Lipinski definition) is 3. The van der Waals surface area contributed by atoms with Crippen molar-refractivity contribution in [2.75, 3.05) is 0 Å². The van der Waals surface area contributed by atoms with Crippen LogP contribution >= 0.6 is 0 Å². The summed E-state index contributed by atoms with van der Waals surface area (Å²) in [7, 11) is 0. The van der Waals surface area contributed by atoms with Crippen molar-refractivity contribution < 1.29 is 9.59 Å². The lowest BCUT2D eigenvalue weighted by molar-refractivity contribution is -0.120. The van der Waals surface area contributed by atoms with E-state index in [1.54, 1.807) is 30.6 Å². The summed E-state index contributed by atoms with van der Waals surface area (Å²) in [4.78, 5) is 33.3. The van der Waals surface area contributed by atoms with Crippen LogP contribution in [0.15, 0.2) is 85.2 Å². The topological polar surface area (TPSA) is 74.8 Å². The number of carbonyl (C=O) groups excluding carboxylic acids is 2. The Balaban J connectivity index is 1.57. The summed E-state index contributed by atoms with van der Waals surface area (Å²) < 4.78 is 0. The number of ketones is 1. The van der Waals surface area contributed by atoms with E-state index in [0.29, 0.717) is 12.0 Å². The molecule has 0 radical (unpaired) electrons. The van der Waals surface area contributed by atoms with Crippen molar-refractivity contribution in [3.8, 4) is 0 Å². The maximum Gasteiger partial charge on any atom is 0.251 e. The molecule has 1 atom stereocenters. The minimum absolute atomic E-state index is 0.0476. The van der Waals surface area contributed by atoms with E-state index in [2.05, 4.69) is 15.3 Å². The van der Waals surface area contributed by atoms with Gasteiger partial charge in [-0.15, -0.1) is 0 Å². The number of hydrogen-bond donors (Lipinski definition) is 2. The molecule has 1 aromatic heterocycles. The van der Waals surface area contributed by atoms with Gasteiger partial charge in [0.1, 0.15) is 0 Å². The normalized spacial score (nSPS) is 11.9. The maximum atomic E-state index is 13.2. The molecule has 0 saturated carbocycles. The van der Waals surface area contributed by atoms with E-state index >= 15 is 0 Å². The highest BCUT2D eigenvalue weighted by molar-refractivity contribution is 5.99. The number of benzene rings is 3. The van der Waals surface area contributed by atoms with E-state index in [1.165, 1.54) is 0 Å². The van der Waals surface area contributed by atoms with Crippen molar-refractivity contribution in [3.63, 3.8) is 0 Å². The minimum Gasteiger partial charge on any atom is -0.345 e. The first-order valence-corrected chi connectivity index (χ1v) is 9.54. The third-order valence-corrected chi connectivity index (χ3v) is 4.91. The van der Waals surface area contributed by atoms with E-state index < -0.39 is 6.04 Å². The first-order valence-electron chi connectivity index (χ1n) is 9.54. The maximum absolute atomic E-state index is 13.2. The molecule has 5 heteroatoms. The summed E-state index contributed by atoms with van der Waals surface area (Å²) in [6.45, 7) is 0. The zero-order chi connectivity index (χ0) is 20.1. The number of H-pyrrole nitrogens is 1. The smallest absolute Gasteiger partial charge is 0.251 e. The molecular weight excluding hydrogens is 362 g/mol. The molecule has 2 N–H and O–H groups in total. The van der Waals surface area contributed by atoms with Crippen LogP contribution in [-0.4, -0.2) is 27.7 Å². The highest BCUT2D eigenvalue weighted by atomic mass is 16.2. The molecule has 0 fully saturated rings. The molecule has 1 amide bonds. The van der Waals surface area contributed by atoms with Crippen molar-refractivity contribution >= 4 is 22.7 Å². The molecule has 4 aromatic rings. The summed E-state index contributed by atoms with van der Waals surface area (Å²) >= 11 is 0. The number of amides is 1. The van der Waals surface area contributed by atoms with Crippen LogP contribution in [0.25, 0.3) is 11.0 Å². The molecule has 0 aliphatic heterocycles. The first kappa shape index (κ1) is 18.6. The number of carbonyl (C=O) groups is 2. The van der Waals surface area contributed by atoms with Crippen LogP contribution in [-0.2, 0) is 17.6 Å². The minimum atomic E-state index is -0.626. The van der Waals surface area contributed by atoms with Crippen LogP contribution < -0.4 is 5.32 Å². The van der Waals surface area contributed by atoms with Crippen LogP contribution in [0.3, 0.4) is 0 Å². The molecule has 0 spiro atoms. The number of fused-ring (bicyclic) bond motifs is 1. The van der Waals surface area contributed by atoms with E-state index in [-0.39, 0.29) is 18.1 Å². The van der Waals surface area contributed by atoms with Gasteiger partial charge < -0.3 is 10.3 Å². The van der Waals surface area contributed by atoms with Crippen LogP contribution in [0, 0.1) is 0 Å². The van der Waals surface area contributed by atoms with Crippen LogP contribution in [0.4, 0.5) is 0 Å². The average molecular weight is 383 g/mol. The summed E-state index contributed by atoms with van der Waals surface area (Å²) in [6.07, 6.45) is 2.26. The second kappa shape index (κ2) is 8.52. The number of rotatable bonds is 7. The number of Topliss-reactive ketones (excluding diaryl/α,β-unsaturated/α-hetero) is 1. The second-order valence-corrected chi connectivity index (χ2v) is 6.94. The summed E-state index contributed by atoms with van der Waals surface area (Å²) in [5.41, 5.74) is 4.06. The third kappa shape index (κ3) is 4.41. The van der Waals surface area contributed by atoms with Crippen LogP contribution in [0.5, 0.6) is 0 Å². The number of nitrogens with zero attached hydrogens (tertiary/aromatic N) is 1. The fourth-order valence-corrected chi connectivity index (χ4v) is 3.41. The summed E-state index contributed by atoms with van der Waals surface area (Å²) in [6, 6.07) is 23.8. The van der Waals surface area contributed by atoms with Crippen molar-refractivity contribution in [2.45, 2.75) is 18.9 Å². The van der Waals surface area contributed by atoms with E-state index in [0.717, 1.165) is 22.2 Å². The van der Waals surface area contributed by atoms with E-state index in [9.17, 15) is 9.59 Å². The fraction of sp³-hybridized carbons (Fsp3) is 0.125. The molecule has 0 aliphatic carbocycles. The zero-order valence-electron chi connectivity index (χ0n) is 15.8. The van der Waals surface area contributed by atoms with Gasteiger partial charge in [-0.25, -0.2) is 4.98 Å². The van der Waals surface area contributed by atoms with Gasteiger partial charge in [-0.1, -0.05) is 60.7 Å².